The first-order chi connectivity index (χ1) is 24.2. The first kappa shape index (κ1) is 34.9. The minimum Gasteiger partial charge on any atom is -0.504 e. The van der Waals surface area contributed by atoms with Gasteiger partial charge in [0.15, 0.2) is 22.3 Å². The Morgan fingerprint density at radius 2 is 1.88 bits per heavy atom. The number of thioether (sulfide) groups is 2. The number of phenols is 2. The number of carboxylic acids is 3. The van der Waals surface area contributed by atoms with Crippen molar-refractivity contribution < 1.29 is 54.3 Å². The highest BCUT2D eigenvalue weighted by Crippen LogP contribution is 2.42. The lowest BCUT2D eigenvalue weighted by molar-refractivity contribution is -0.150. The standard InChI is InChI=1S/C28H23N9O11S3/c1-9-4-14(37-28(30-9)33-20(34-37)26(46)47)49-6-11-7-50-23-17(22(41)36(23)18(11)25(44)45)32-21(40)16(12-8-51-27(29)31-12)35-48-5-10-2-3-13(38)19(39)15(10)24(42)43/h2-4,8,17,23,38-39H,5-7H2,1H3,(H2,29,31)(H,32,40)(H,42,43)(H,44,45)(H,46,47)/t17-,23-/m1/s1. The van der Waals surface area contributed by atoms with Gasteiger partial charge in [-0.05, 0) is 24.6 Å². The molecule has 0 unspecified atom stereocenters. The van der Waals surface area contributed by atoms with Crippen molar-refractivity contribution in [2.75, 3.05) is 17.2 Å². The van der Waals surface area contributed by atoms with Gasteiger partial charge in [-0.15, -0.1) is 40.0 Å². The molecular formula is C28H23N9O11S3. The maximum atomic E-state index is 13.5. The molecule has 1 fully saturated rings. The number of hydrogen-bond donors (Lipinski definition) is 7. The van der Waals surface area contributed by atoms with E-state index in [4.69, 9.17) is 10.6 Å². The number of amides is 2. The van der Waals surface area contributed by atoms with Crippen molar-refractivity contribution >= 4 is 81.2 Å². The number of nitrogen functional groups attached to an aromatic ring is 1. The molecule has 2 amide bonds. The molecule has 264 valence electrons. The summed E-state index contributed by atoms with van der Waals surface area (Å²) < 4.78 is 1.24. The summed E-state index contributed by atoms with van der Waals surface area (Å²) in [6.07, 6.45) is 0. The van der Waals surface area contributed by atoms with Crippen molar-refractivity contribution in [1.29, 1.82) is 0 Å². The number of nitrogens with one attached hydrogen (secondary N) is 1. The van der Waals surface area contributed by atoms with Gasteiger partial charge >= 0.3 is 17.9 Å². The zero-order chi connectivity index (χ0) is 36.7. The zero-order valence-corrected chi connectivity index (χ0v) is 28.2. The first-order valence-corrected chi connectivity index (χ1v) is 17.2. The summed E-state index contributed by atoms with van der Waals surface area (Å²) in [5.41, 5.74) is 5.20. The summed E-state index contributed by atoms with van der Waals surface area (Å²) in [7, 11) is 0. The summed E-state index contributed by atoms with van der Waals surface area (Å²) in [5.74, 6) is -7.62. The van der Waals surface area contributed by atoms with Crippen LogP contribution in [-0.2, 0) is 25.8 Å². The number of fused-ring (bicyclic) bond motifs is 2. The van der Waals surface area contributed by atoms with E-state index < -0.39 is 76.3 Å². The van der Waals surface area contributed by atoms with Gasteiger partial charge in [0, 0.05) is 28.1 Å². The van der Waals surface area contributed by atoms with E-state index >= 15 is 0 Å². The number of thiazole rings is 1. The number of benzene rings is 1. The number of β-lactam (4-membered cyclic amide) rings is 1. The smallest absolute Gasteiger partial charge is 0.375 e. The Hall–Kier alpha value is -5.94. The van der Waals surface area contributed by atoms with Gasteiger partial charge in [-0.3, -0.25) is 14.5 Å². The highest BCUT2D eigenvalue weighted by atomic mass is 32.2. The van der Waals surface area contributed by atoms with Crippen molar-refractivity contribution in [1.82, 2.24) is 34.8 Å². The maximum absolute atomic E-state index is 13.5. The maximum Gasteiger partial charge on any atom is 0.375 e. The topological polar surface area (TPSA) is 305 Å². The second kappa shape index (κ2) is 13.8. The van der Waals surface area contributed by atoms with E-state index in [9.17, 15) is 49.5 Å². The number of nitrogens with zero attached hydrogens (tertiary/aromatic N) is 7. The Kier molecular flexibility index (Phi) is 9.42. The fourth-order valence-corrected chi connectivity index (χ4v) is 8.14. The molecule has 1 saturated heterocycles. The normalized spacial score (nSPS) is 17.2. The summed E-state index contributed by atoms with van der Waals surface area (Å²) in [5, 5.41) is 60.0. The molecule has 6 rings (SSSR count). The molecule has 2 aliphatic heterocycles. The lowest BCUT2D eigenvalue weighted by Gasteiger charge is -2.49. The molecule has 23 heteroatoms. The van der Waals surface area contributed by atoms with Gasteiger partial charge in [0.1, 0.15) is 40.0 Å². The minimum absolute atomic E-state index is 0.0318. The molecule has 2 atom stereocenters. The number of carbonyl (C=O) groups excluding carboxylic acids is 2. The van der Waals surface area contributed by atoms with E-state index in [1.165, 1.54) is 27.7 Å². The lowest BCUT2D eigenvalue weighted by Crippen LogP contribution is -2.71. The zero-order valence-electron chi connectivity index (χ0n) is 25.7. The van der Waals surface area contributed by atoms with Crippen molar-refractivity contribution in [3.8, 4) is 11.5 Å². The van der Waals surface area contributed by atoms with Crippen LogP contribution in [0, 0.1) is 6.92 Å². The number of rotatable bonds is 12. The van der Waals surface area contributed by atoms with Crippen LogP contribution in [0.1, 0.15) is 37.9 Å². The van der Waals surface area contributed by atoms with E-state index in [0.717, 1.165) is 34.1 Å². The summed E-state index contributed by atoms with van der Waals surface area (Å²) in [4.78, 5) is 80.8. The third-order valence-corrected chi connectivity index (χ3v) is 10.4. The quantitative estimate of drug-likeness (QED) is 0.0262. The molecular weight excluding hydrogens is 735 g/mol. The van der Waals surface area contributed by atoms with Crippen molar-refractivity contribution in [3.05, 3.63) is 63.2 Å². The van der Waals surface area contributed by atoms with Crippen LogP contribution < -0.4 is 11.1 Å². The van der Waals surface area contributed by atoms with Crippen LogP contribution in [0.3, 0.4) is 0 Å². The van der Waals surface area contributed by atoms with Gasteiger partial charge in [0.2, 0.25) is 0 Å². The van der Waals surface area contributed by atoms with Crippen molar-refractivity contribution in [2.24, 2.45) is 5.16 Å². The number of aryl methyl sites for hydroxylation is 1. The Morgan fingerprint density at radius 1 is 1.12 bits per heavy atom. The number of aromatic carboxylic acids is 2. The van der Waals surface area contributed by atoms with E-state index in [0.29, 0.717) is 16.3 Å². The number of aromatic nitrogens is 5. The van der Waals surface area contributed by atoms with Crippen LogP contribution in [0.5, 0.6) is 11.5 Å². The van der Waals surface area contributed by atoms with E-state index in [1.807, 2.05) is 0 Å². The van der Waals surface area contributed by atoms with E-state index in [-0.39, 0.29) is 39.4 Å². The predicted molar refractivity (Wildman–Crippen MR) is 177 cm³/mol. The second-order valence-electron chi connectivity index (χ2n) is 10.7. The number of carbonyl (C=O) groups is 5. The highest BCUT2D eigenvalue weighted by molar-refractivity contribution is 8.01. The molecule has 2 aliphatic rings. The Morgan fingerprint density at radius 3 is 2.55 bits per heavy atom. The van der Waals surface area contributed by atoms with Gasteiger partial charge in [0.05, 0.1) is 0 Å². The molecule has 0 saturated carbocycles. The van der Waals surface area contributed by atoms with Gasteiger partial charge in [-0.25, -0.2) is 24.4 Å². The van der Waals surface area contributed by atoms with Crippen LogP contribution >= 0.6 is 34.9 Å². The molecule has 20 nitrogen and oxygen atoms in total. The second-order valence-corrected chi connectivity index (χ2v) is 13.6. The van der Waals surface area contributed by atoms with Crippen LogP contribution in [0.4, 0.5) is 5.13 Å². The van der Waals surface area contributed by atoms with Gasteiger partial charge in [0.25, 0.3) is 23.4 Å². The van der Waals surface area contributed by atoms with Gasteiger partial charge < -0.3 is 41.4 Å². The third kappa shape index (κ3) is 6.68. The molecule has 0 radical (unpaired) electrons. The van der Waals surface area contributed by atoms with Crippen molar-refractivity contribution in [3.63, 3.8) is 0 Å². The number of nitrogens with two attached hydrogens (primary N) is 1. The SMILES string of the molecule is Cc1cc(SCC2=C(C(=O)O)N3C(=O)[C@@H](NC(=O)C(=NOCc4ccc(O)c(O)c4C(=O)O)c4csc(N)n4)[C@H]3SC2)n2nc(C(=O)O)nc2n1. The molecule has 8 N–H and O–H groups in total. The number of hydrogen-bond acceptors (Lipinski definition) is 17. The van der Waals surface area contributed by atoms with Crippen molar-refractivity contribution in [2.45, 2.75) is 30.0 Å². The van der Waals surface area contributed by atoms with Crippen LogP contribution in [0.25, 0.3) is 5.78 Å². The minimum atomic E-state index is -1.56. The average Bonchev–Trinajstić information content (AvgIpc) is 3.71. The number of aliphatic carboxylic acids is 1. The van der Waals surface area contributed by atoms with Crippen LogP contribution in [0.15, 0.2) is 45.0 Å². The molecule has 0 aliphatic carbocycles. The first-order valence-electron chi connectivity index (χ1n) is 14.2. The summed E-state index contributed by atoms with van der Waals surface area (Å²) >= 11 is 3.34. The fraction of sp³-hybridized carbons (Fsp3) is 0.214. The third-order valence-electron chi connectivity index (χ3n) is 7.34. The number of phenolic OH excluding ortho intramolecular Hbond substituents is 1. The number of aromatic hydroxyl groups is 2. The van der Waals surface area contributed by atoms with E-state index in [2.05, 4.69) is 30.5 Å². The Balaban J connectivity index is 1.19. The Bertz CT molecular complexity index is 2220. The predicted octanol–water partition coefficient (Wildman–Crippen LogP) is 0.731. The average molecular weight is 758 g/mol. The highest BCUT2D eigenvalue weighted by Gasteiger charge is 2.54. The number of anilines is 1. The molecule has 51 heavy (non-hydrogen) atoms. The molecule has 1 aromatic carbocycles. The summed E-state index contributed by atoms with van der Waals surface area (Å²) in [6, 6.07) is 2.69. The van der Waals surface area contributed by atoms with Crippen LogP contribution in [-0.4, -0.2) is 113 Å². The molecule has 0 bridgehead atoms. The molecule has 4 aromatic rings. The van der Waals surface area contributed by atoms with E-state index in [1.54, 1.807) is 13.0 Å². The van der Waals surface area contributed by atoms with Crippen LogP contribution in [0.2, 0.25) is 0 Å². The van der Waals surface area contributed by atoms with Gasteiger partial charge in [-0.1, -0.05) is 11.2 Å². The summed E-state index contributed by atoms with van der Waals surface area (Å²) in [6.45, 7) is 1.12. The molecule has 5 heterocycles. The lowest BCUT2D eigenvalue weighted by atomic mass is 10.0. The fourth-order valence-electron chi connectivity index (χ4n) is 5.06. The number of carboxylic acid groups (broad SMARTS) is 3. The molecule has 0 spiro atoms. The monoisotopic (exact) mass is 757 g/mol. The number of oxime groups is 1. The molecule has 3 aromatic heterocycles. The largest absolute Gasteiger partial charge is 0.504 e. The Labute approximate surface area is 296 Å². The van der Waals surface area contributed by atoms with Gasteiger partial charge in [-0.2, -0.15) is 9.50 Å².